The fourth-order valence-electron chi connectivity index (χ4n) is 2.02. The van der Waals surface area contributed by atoms with Crippen molar-refractivity contribution in [3.05, 3.63) is 57.1 Å². The van der Waals surface area contributed by atoms with Crippen LogP contribution in [-0.4, -0.2) is 11.0 Å². The summed E-state index contributed by atoms with van der Waals surface area (Å²) in [7, 11) is 0. The molecule has 2 rings (SSSR count). The summed E-state index contributed by atoms with van der Waals surface area (Å²) in [5.41, 5.74) is -1.16. The lowest BCUT2D eigenvalue weighted by Gasteiger charge is -2.40. The maximum atomic E-state index is 6.53. The molecule has 0 heterocycles. The molecule has 22 heavy (non-hydrogen) atoms. The quantitative estimate of drug-likeness (QED) is 0.359. The fourth-order valence-corrected chi connectivity index (χ4v) is 3.29. The van der Waals surface area contributed by atoms with Gasteiger partial charge in [-0.3, -0.25) is 0 Å². The monoisotopic (exact) mass is 380 g/mol. The Morgan fingerprint density at radius 2 is 1.64 bits per heavy atom. The third-order valence-electron chi connectivity index (χ3n) is 3.03. The molecule has 0 saturated heterocycles. The molecule has 2 nitrogen and oxygen atoms in total. The van der Waals surface area contributed by atoms with E-state index in [1.54, 1.807) is 0 Å². The van der Waals surface area contributed by atoms with Crippen LogP contribution in [0.2, 0.25) is 0 Å². The highest BCUT2D eigenvalue weighted by atomic mass is 35.5. The van der Waals surface area contributed by atoms with Crippen molar-refractivity contribution in [2.24, 2.45) is 0 Å². The molecule has 0 fully saturated rings. The van der Waals surface area contributed by atoms with Crippen LogP contribution in [0, 0.1) is 0 Å². The van der Waals surface area contributed by atoms with E-state index >= 15 is 0 Å². The van der Waals surface area contributed by atoms with Gasteiger partial charge in [0, 0.05) is 5.03 Å². The zero-order valence-electron chi connectivity index (χ0n) is 12.4. The van der Waals surface area contributed by atoms with E-state index in [2.05, 4.69) is 0 Å². The molecule has 1 aromatic rings. The Balaban J connectivity index is 2.58. The predicted molar refractivity (Wildman–Crippen MR) is 92.4 cm³/mol. The molecule has 0 spiro atoms. The lowest BCUT2D eigenvalue weighted by molar-refractivity contribution is -0.398. The number of halogens is 4. The highest BCUT2D eigenvalue weighted by molar-refractivity contribution is 6.45. The van der Waals surface area contributed by atoms with Gasteiger partial charge in [0.05, 0.1) is 15.7 Å². The topological polar surface area (TPSA) is 18.5 Å². The molecule has 2 atom stereocenters. The second-order valence-corrected chi connectivity index (χ2v) is 7.59. The van der Waals surface area contributed by atoms with E-state index in [-0.39, 0.29) is 10.1 Å². The molecule has 120 valence electrons. The van der Waals surface area contributed by atoms with Crippen LogP contribution in [0.3, 0.4) is 0 Å². The third kappa shape index (κ3) is 3.48. The Hall–Kier alpha value is -0.220. The minimum atomic E-state index is -1.30. The van der Waals surface area contributed by atoms with E-state index < -0.39 is 16.6 Å². The summed E-state index contributed by atoms with van der Waals surface area (Å²) in [6.07, 6.45) is 1.52. The van der Waals surface area contributed by atoms with Gasteiger partial charge in [0.1, 0.15) is 5.38 Å². The highest BCUT2D eigenvalue weighted by Gasteiger charge is 2.51. The van der Waals surface area contributed by atoms with Crippen molar-refractivity contribution in [3.63, 3.8) is 0 Å². The number of rotatable bonds is 3. The van der Waals surface area contributed by atoms with Crippen LogP contribution in [0.5, 0.6) is 0 Å². The Labute approximate surface area is 150 Å². The van der Waals surface area contributed by atoms with Gasteiger partial charge >= 0.3 is 0 Å². The minimum absolute atomic E-state index is 0.231. The highest BCUT2D eigenvalue weighted by Crippen LogP contribution is 2.51. The molecular formula is C16H16Cl4O2. The molecule has 0 radical (unpaired) electrons. The largest absolute Gasteiger partial charge is 0.230 e. The molecule has 0 saturated carbocycles. The first-order valence-electron chi connectivity index (χ1n) is 6.68. The van der Waals surface area contributed by atoms with E-state index in [4.69, 9.17) is 56.2 Å². The van der Waals surface area contributed by atoms with Crippen LogP contribution in [0.25, 0.3) is 0 Å². The summed E-state index contributed by atoms with van der Waals surface area (Å²) < 4.78 is 0. The van der Waals surface area contributed by atoms with E-state index in [0.717, 1.165) is 0 Å². The molecule has 0 amide bonds. The van der Waals surface area contributed by atoms with Gasteiger partial charge in [-0.15, -0.1) is 11.6 Å². The van der Waals surface area contributed by atoms with Gasteiger partial charge in [-0.05, 0) is 32.4 Å². The van der Waals surface area contributed by atoms with Crippen molar-refractivity contribution in [1.82, 2.24) is 0 Å². The Kier molecular flexibility index (Phi) is 5.54. The van der Waals surface area contributed by atoms with Crippen LogP contribution in [0.15, 0.2) is 51.5 Å². The second kappa shape index (κ2) is 6.72. The number of benzene rings is 1. The van der Waals surface area contributed by atoms with Crippen LogP contribution >= 0.6 is 46.4 Å². The fraction of sp³-hybridized carbons (Fsp3) is 0.375. The zero-order chi connectivity index (χ0) is 16.5. The number of alkyl halides is 1. The number of hydrogen-bond donors (Lipinski definition) is 0. The number of hydrogen-bond acceptors (Lipinski definition) is 2. The van der Waals surface area contributed by atoms with Gasteiger partial charge in [0.2, 0.25) is 0 Å². The second-order valence-electron chi connectivity index (χ2n) is 5.93. The van der Waals surface area contributed by atoms with Crippen molar-refractivity contribution in [3.8, 4) is 0 Å². The lowest BCUT2D eigenvalue weighted by Crippen LogP contribution is -2.44. The number of allylic oxidation sites excluding steroid dienone is 2. The molecule has 1 aliphatic carbocycles. The van der Waals surface area contributed by atoms with Crippen LogP contribution in [0.1, 0.15) is 26.3 Å². The van der Waals surface area contributed by atoms with Crippen LogP contribution in [-0.2, 0) is 15.4 Å². The predicted octanol–water partition coefficient (Wildman–Crippen LogP) is 6.06. The molecule has 0 aromatic heterocycles. The molecule has 0 N–H and O–H groups in total. The average molecular weight is 382 g/mol. The Morgan fingerprint density at radius 1 is 1.05 bits per heavy atom. The van der Waals surface area contributed by atoms with E-state index in [1.807, 2.05) is 51.1 Å². The molecule has 1 aromatic carbocycles. The van der Waals surface area contributed by atoms with Crippen molar-refractivity contribution in [1.29, 1.82) is 0 Å². The molecule has 6 heteroatoms. The van der Waals surface area contributed by atoms with Gasteiger partial charge in [-0.1, -0.05) is 65.1 Å². The van der Waals surface area contributed by atoms with Crippen molar-refractivity contribution >= 4 is 46.4 Å². The SMILES string of the molecule is CC(C)(C)OOC1(c2ccccc2)C(Cl)=C(Cl)C=C(Cl)C1Cl. The molecule has 0 aliphatic heterocycles. The smallest absolute Gasteiger partial charge is 0.186 e. The van der Waals surface area contributed by atoms with E-state index in [1.165, 1.54) is 6.08 Å². The summed E-state index contributed by atoms with van der Waals surface area (Å²) in [6.45, 7) is 5.57. The summed E-state index contributed by atoms with van der Waals surface area (Å²) in [4.78, 5) is 11.3. The van der Waals surface area contributed by atoms with E-state index in [0.29, 0.717) is 10.6 Å². The van der Waals surface area contributed by atoms with E-state index in [9.17, 15) is 0 Å². The van der Waals surface area contributed by atoms with Crippen molar-refractivity contribution < 1.29 is 9.78 Å². The average Bonchev–Trinajstić information content (AvgIpc) is 2.46. The summed E-state index contributed by atoms with van der Waals surface area (Å²) in [5, 5.41) is 0.0605. The summed E-state index contributed by atoms with van der Waals surface area (Å²) in [6, 6.07) is 9.26. The first-order valence-corrected chi connectivity index (χ1v) is 8.25. The minimum Gasteiger partial charge on any atom is -0.230 e. The lowest BCUT2D eigenvalue weighted by atomic mass is 9.86. The Morgan fingerprint density at radius 3 is 2.18 bits per heavy atom. The van der Waals surface area contributed by atoms with Gasteiger partial charge in [-0.25, -0.2) is 9.78 Å². The van der Waals surface area contributed by atoms with Gasteiger partial charge in [0.25, 0.3) is 0 Å². The van der Waals surface area contributed by atoms with Crippen LogP contribution < -0.4 is 0 Å². The van der Waals surface area contributed by atoms with Gasteiger partial charge in [-0.2, -0.15) is 0 Å². The van der Waals surface area contributed by atoms with Crippen LogP contribution in [0.4, 0.5) is 0 Å². The van der Waals surface area contributed by atoms with Gasteiger partial charge < -0.3 is 0 Å². The molecule has 1 aliphatic rings. The molecule has 2 unspecified atom stereocenters. The first-order chi connectivity index (χ1) is 10.2. The maximum Gasteiger partial charge on any atom is 0.186 e. The van der Waals surface area contributed by atoms with Gasteiger partial charge in [0.15, 0.2) is 5.60 Å². The Bertz CT molecular complexity index is 604. The molecular weight excluding hydrogens is 366 g/mol. The third-order valence-corrected chi connectivity index (χ3v) is 4.89. The normalized spacial score (nSPS) is 26.1. The summed E-state index contributed by atoms with van der Waals surface area (Å²) in [5.74, 6) is 0. The summed E-state index contributed by atoms with van der Waals surface area (Å²) >= 11 is 25.4. The standard InChI is InChI=1S/C16H16Cl4O2/c1-15(2,3)21-22-16(10-7-5-4-6-8-10)13(19)11(17)9-12(18)14(16)20/h4-9,13H,1-3H3. The maximum absolute atomic E-state index is 6.53. The molecule has 0 bridgehead atoms. The zero-order valence-corrected chi connectivity index (χ0v) is 15.4. The van der Waals surface area contributed by atoms with Crippen molar-refractivity contribution in [2.75, 3.05) is 0 Å². The first kappa shape index (κ1) is 18.1. The van der Waals surface area contributed by atoms with Crippen molar-refractivity contribution in [2.45, 2.75) is 37.4 Å².